The van der Waals surface area contributed by atoms with E-state index >= 15 is 0 Å². The maximum atomic E-state index is 6.17. The number of piperidine rings is 1. The van der Waals surface area contributed by atoms with Gasteiger partial charge in [0.05, 0.1) is 10.7 Å². The molecule has 2 rings (SSSR count). The van der Waals surface area contributed by atoms with E-state index in [2.05, 4.69) is 16.8 Å². The molecule has 16 heavy (non-hydrogen) atoms. The first-order chi connectivity index (χ1) is 7.72. The van der Waals surface area contributed by atoms with Gasteiger partial charge in [-0.15, -0.1) is 0 Å². The van der Waals surface area contributed by atoms with E-state index in [1.54, 1.807) is 12.4 Å². The van der Waals surface area contributed by atoms with Crippen LogP contribution in [0, 0.1) is 5.92 Å². The zero-order chi connectivity index (χ0) is 11.5. The van der Waals surface area contributed by atoms with Gasteiger partial charge in [0.15, 0.2) is 0 Å². The molecule has 1 aromatic rings. The van der Waals surface area contributed by atoms with Gasteiger partial charge in [-0.05, 0) is 24.8 Å². The third-order valence-electron chi connectivity index (χ3n) is 3.31. The quantitative estimate of drug-likeness (QED) is 0.861. The Morgan fingerprint density at radius 3 is 3.12 bits per heavy atom. The van der Waals surface area contributed by atoms with Crippen molar-refractivity contribution in [2.24, 2.45) is 11.7 Å². The number of rotatable bonds is 2. The monoisotopic (exact) mass is 239 g/mol. The van der Waals surface area contributed by atoms with Gasteiger partial charge in [-0.3, -0.25) is 4.98 Å². The normalized spacial score (nSPS) is 25.8. The highest BCUT2D eigenvalue weighted by molar-refractivity contribution is 6.33. The van der Waals surface area contributed by atoms with Gasteiger partial charge >= 0.3 is 0 Å². The van der Waals surface area contributed by atoms with Gasteiger partial charge in [0.25, 0.3) is 0 Å². The van der Waals surface area contributed by atoms with Crippen molar-refractivity contribution in [3.05, 3.63) is 23.5 Å². The van der Waals surface area contributed by atoms with Crippen LogP contribution in [-0.2, 0) is 0 Å². The molecule has 0 bridgehead atoms. The number of aromatic nitrogens is 1. The van der Waals surface area contributed by atoms with Crippen molar-refractivity contribution in [3.8, 4) is 0 Å². The van der Waals surface area contributed by atoms with Crippen molar-refractivity contribution in [2.75, 3.05) is 18.0 Å². The molecule has 2 unspecified atom stereocenters. The van der Waals surface area contributed by atoms with Crippen LogP contribution in [0.1, 0.15) is 19.8 Å². The standard InChI is InChI=1S/C12H18ClN3/c1-9-3-5-16(10(6-9)7-14)12-2-4-15-8-11(12)13/h2,4,8-10H,3,5-7,14H2,1H3. The maximum Gasteiger partial charge on any atom is 0.0822 e. The molecule has 2 N–H and O–H groups in total. The first kappa shape index (κ1) is 11.7. The number of halogens is 1. The van der Waals surface area contributed by atoms with Crippen molar-refractivity contribution in [1.82, 2.24) is 4.98 Å². The van der Waals surface area contributed by atoms with E-state index in [-0.39, 0.29) is 0 Å². The molecule has 1 aliphatic rings. The smallest absolute Gasteiger partial charge is 0.0822 e. The molecule has 1 saturated heterocycles. The topological polar surface area (TPSA) is 42.2 Å². The minimum absolute atomic E-state index is 0.406. The number of hydrogen-bond donors (Lipinski definition) is 1. The molecule has 2 atom stereocenters. The van der Waals surface area contributed by atoms with E-state index < -0.39 is 0 Å². The Labute approximate surface area is 102 Å². The SMILES string of the molecule is CC1CCN(c2ccncc2Cl)C(CN)C1. The minimum Gasteiger partial charge on any atom is -0.366 e. The lowest BCUT2D eigenvalue weighted by Crippen LogP contribution is -2.46. The molecular formula is C12H18ClN3. The van der Waals surface area contributed by atoms with Gasteiger partial charge in [0.1, 0.15) is 0 Å². The van der Waals surface area contributed by atoms with Crippen molar-refractivity contribution < 1.29 is 0 Å². The Bertz CT molecular complexity index is 356. The van der Waals surface area contributed by atoms with Crippen molar-refractivity contribution >= 4 is 17.3 Å². The van der Waals surface area contributed by atoms with Gasteiger partial charge < -0.3 is 10.6 Å². The Morgan fingerprint density at radius 2 is 2.44 bits per heavy atom. The third-order valence-corrected chi connectivity index (χ3v) is 3.60. The highest BCUT2D eigenvalue weighted by Crippen LogP contribution is 2.31. The van der Waals surface area contributed by atoms with Gasteiger partial charge in [0, 0.05) is 31.5 Å². The first-order valence-corrected chi connectivity index (χ1v) is 6.16. The van der Waals surface area contributed by atoms with Crippen molar-refractivity contribution in [1.29, 1.82) is 0 Å². The number of hydrogen-bond acceptors (Lipinski definition) is 3. The number of nitrogens with two attached hydrogens (primary N) is 1. The third kappa shape index (κ3) is 2.30. The molecule has 88 valence electrons. The molecule has 4 heteroatoms. The maximum absolute atomic E-state index is 6.17. The van der Waals surface area contributed by atoms with Crippen LogP contribution in [0.2, 0.25) is 5.02 Å². The van der Waals surface area contributed by atoms with E-state index in [9.17, 15) is 0 Å². The fraction of sp³-hybridized carbons (Fsp3) is 0.583. The van der Waals surface area contributed by atoms with Crippen LogP contribution in [0.5, 0.6) is 0 Å². The van der Waals surface area contributed by atoms with Crippen LogP contribution < -0.4 is 10.6 Å². The van der Waals surface area contributed by atoms with Crippen LogP contribution in [0.4, 0.5) is 5.69 Å². The molecule has 0 amide bonds. The van der Waals surface area contributed by atoms with Gasteiger partial charge in [-0.1, -0.05) is 18.5 Å². The zero-order valence-electron chi connectivity index (χ0n) is 9.56. The van der Waals surface area contributed by atoms with E-state index in [4.69, 9.17) is 17.3 Å². The Balaban J connectivity index is 2.22. The molecule has 0 saturated carbocycles. The van der Waals surface area contributed by atoms with Gasteiger partial charge in [-0.25, -0.2) is 0 Å². The second-order valence-electron chi connectivity index (χ2n) is 4.54. The van der Waals surface area contributed by atoms with Crippen LogP contribution in [0.15, 0.2) is 18.5 Å². The second kappa shape index (κ2) is 5.02. The predicted octanol–water partition coefficient (Wildman–Crippen LogP) is 2.30. The molecule has 0 spiro atoms. The van der Waals surface area contributed by atoms with E-state index in [1.807, 2.05) is 6.07 Å². The largest absolute Gasteiger partial charge is 0.366 e. The fourth-order valence-corrected chi connectivity index (χ4v) is 2.62. The fourth-order valence-electron chi connectivity index (χ4n) is 2.39. The molecule has 1 fully saturated rings. The summed E-state index contributed by atoms with van der Waals surface area (Å²) in [6.45, 7) is 4.00. The summed E-state index contributed by atoms with van der Waals surface area (Å²) in [5, 5.41) is 0.718. The molecule has 3 nitrogen and oxygen atoms in total. The lowest BCUT2D eigenvalue weighted by Gasteiger charge is -2.39. The van der Waals surface area contributed by atoms with E-state index in [0.717, 1.165) is 29.6 Å². The van der Waals surface area contributed by atoms with Crippen LogP contribution in [0.3, 0.4) is 0 Å². The molecule has 0 aromatic carbocycles. The number of pyridine rings is 1. The molecule has 2 heterocycles. The average molecular weight is 240 g/mol. The summed E-state index contributed by atoms with van der Waals surface area (Å²) in [6.07, 6.45) is 5.83. The Hall–Kier alpha value is -0.800. The highest BCUT2D eigenvalue weighted by Gasteiger charge is 2.26. The summed E-state index contributed by atoms with van der Waals surface area (Å²) in [7, 11) is 0. The minimum atomic E-state index is 0.406. The first-order valence-electron chi connectivity index (χ1n) is 5.78. The van der Waals surface area contributed by atoms with E-state index in [1.165, 1.54) is 6.42 Å². The van der Waals surface area contributed by atoms with Crippen LogP contribution >= 0.6 is 11.6 Å². The van der Waals surface area contributed by atoms with Crippen LogP contribution in [0.25, 0.3) is 0 Å². The lowest BCUT2D eigenvalue weighted by molar-refractivity contribution is 0.367. The van der Waals surface area contributed by atoms with Crippen molar-refractivity contribution in [2.45, 2.75) is 25.8 Å². The highest BCUT2D eigenvalue weighted by atomic mass is 35.5. The molecule has 0 aliphatic carbocycles. The van der Waals surface area contributed by atoms with Crippen molar-refractivity contribution in [3.63, 3.8) is 0 Å². The lowest BCUT2D eigenvalue weighted by atomic mass is 9.92. The molecular weight excluding hydrogens is 222 g/mol. The molecule has 1 aliphatic heterocycles. The number of nitrogens with zero attached hydrogens (tertiary/aromatic N) is 2. The zero-order valence-corrected chi connectivity index (χ0v) is 10.3. The number of anilines is 1. The summed E-state index contributed by atoms with van der Waals surface area (Å²) in [4.78, 5) is 6.34. The Kier molecular flexibility index (Phi) is 3.66. The van der Waals surface area contributed by atoms with Gasteiger partial charge in [-0.2, -0.15) is 0 Å². The molecule has 0 radical (unpaired) electrons. The predicted molar refractivity (Wildman–Crippen MR) is 67.8 cm³/mol. The van der Waals surface area contributed by atoms with E-state index in [0.29, 0.717) is 12.6 Å². The summed E-state index contributed by atoms with van der Waals surface area (Å²) in [5.41, 5.74) is 6.91. The second-order valence-corrected chi connectivity index (χ2v) is 4.95. The molecule has 1 aromatic heterocycles. The van der Waals surface area contributed by atoms with Gasteiger partial charge in [0.2, 0.25) is 0 Å². The summed E-state index contributed by atoms with van der Waals surface area (Å²) >= 11 is 6.17. The van der Waals surface area contributed by atoms with Crippen LogP contribution in [-0.4, -0.2) is 24.1 Å². The summed E-state index contributed by atoms with van der Waals surface area (Å²) < 4.78 is 0. The average Bonchev–Trinajstić information content (AvgIpc) is 2.30. The summed E-state index contributed by atoms with van der Waals surface area (Å²) in [6, 6.07) is 2.38. The summed E-state index contributed by atoms with van der Waals surface area (Å²) in [5.74, 6) is 0.755. The Morgan fingerprint density at radius 1 is 1.62 bits per heavy atom.